The maximum Gasteiger partial charge on any atom is 0.278 e. The Morgan fingerprint density at radius 1 is 1.19 bits per heavy atom. The number of aromatic amines is 1. The van der Waals surface area contributed by atoms with Gasteiger partial charge in [0.1, 0.15) is 11.0 Å². The summed E-state index contributed by atoms with van der Waals surface area (Å²) in [5.74, 6) is 0.741. The van der Waals surface area contributed by atoms with E-state index in [0.29, 0.717) is 17.2 Å². The van der Waals surface area contributed by atoms with Crippen LogP contribution in [0.4, 0.5) is 0 Å². The summed E-state index contributed by atoms with van der Waals surface area (Å²) in [6.45, 7) is 4.21. The summed E-state index contributed by atoms with van der Waals surface area (Å²) in [5, 5.41) is 1.67. The monoisotopic (exact) mass is 425 g/mol. The quantitative estimate of drug-likeness (QED) is 0.274. The van der Waals surface area contributed by atoms with Crippen LogP contribution in [0.3, 0.4) is 0 Å². The molecule has 4 rings (SSSR count). The molecule has 0 amide bonds. The van der Waals surface area contributed by atoms with Gasteiger partial charge in [0, 0.05) is 27.7 Å². The normalized spacial score (nSPS) is 11.3. The topological polar surface area (TPSA) is 50.7 Å². The van der Waals surface area contributed by atoms with Gasteiger partial charge in [0.15, 0.2) is 5.16 Å². The summed E-state index contributed by atoms with van der Waals surface area (Å²) in [5.41, 5.74) is 3.30. The Morgan fingerprint density at radius 2 is 1.96 bits per heavy atom. The van der Waals surface area contributed by atoms with Crippen LogP contribution < -0.4 is 5.56 Å². The van der Waals surface area contributed by atoms with Gasteiger partial charge in [-0.2, -0.15) is 0 Å². The molecule has 130 valence electrons. The molecule has 0 radical (unpaired) electrons. The van der Waals surface area contributed by atoms with Gasteiger partial charge < -0.3 is 4.98 Å². The van der Waals surface area contributed by atoms with Crippen molar-refractivity contribution in [1.29, 1.82) is 0 Å². The third-order valence-corrected chi connectivity index (χ3v) is 5.75. The van der Waals surface area contributed by atoms with Gasteiger partial charge in [-0.3, -0.25) is 9.36 Å². The predicted molar refractivity (Wildman–Crippen MR) is 112 cm³/mol. The van der Waals surface area contributed by atoms with Gasteiger partial charge in [0.25, 0.3) is 5.56 Å². The molecule has 26 heavy (non-hydrogen) atoms. The van der Waals surface area contributed by atoms with Crippen LogP contribution in [0.1, 0.15) is 5.56 Å². The summed E-state index contributed by atoms with van der Waals surface area (Å²) >= 11 is 5.01. The number of allylic oxidation sites excluding steroid dienone is 1. The van der Waals surface area contributed by atoms with E-state index in [-0.39, 0.29) is 5.56 Å². The molecular weight excluding hydrogens is 410 g/mol. The standard InChI is InChI=1S/C20H16BrN3OS/c1-2-11-24-19(25)18-17(15-5-3-4-6-16(15)22-18)23-20(24)26-12-13-7-9-14(21)10-8-13/h2-10,22H,1,11-12H2. The highest BCUT2D eigenvalue weighted by atomic mass is 79.9. The summed E-state index contributed by atoms with van der Waals surface area (Å²) in [4.78, 5) is 21.0. The molecule has 0 spiro atoms. The van der Waals surface area contributed by atoms with Crippen LogP contribution in [-0.4, -0.2) is 14.5 Å². The van der Waals surface area contributed by atoms with Crippen molar-refractivity contribution in [2.75, 3.05) is 0 Å². The number of halogens is 1. The first kappa shape index (κ1) is 17.1. The van der Waals surface area contributed by atoms with Crippen LogP contribution in [0.15, 0.2) is 75.6 Å². The van der Waals surface area contributed by atoms with Crippen molar-refractivity contribution in [3.8, 4) is 0 Å². The van der Waals surface area contributed by atoms with Gasteiger partial charge >= 0.3 is 0 Å². The third kappa shape index (κ3) is 3.10. The smallest absolute Gasteiger partial charge is 0.278 e. The number of hydrogen-bond donors (Lipinski definition) is 1. The number of benzene rings is 2. The highest BCUT2D eigenvalue weighted by Gasteiger charge is 2.15. The molecule has 0 aliphatic carbocycles. The first-order valence-electron chi connectivity index (χ1n) is 8.17. The molecule has 0 fully saturated rings. The van der Waals surface area contributed by atoms with Gasteiger partial charge in [0.2, 0.25) is 0 Å². The van der Waals surface area contributed by atoms with E-state index < -0.39 is 0 Å². The largest absolute Gasteiger partial charge is 0.349 e. The predicted octanol–water partition coefficient (Wildman–Crippen LogP) is 5.12. The van der Waals surface area contributed by atoms with Crippen LogP contribution in [0.2, 0.25) is 0 Å². The van der Waals surface area contributed by atoms with E-state index in [9.17, 15) is 4.79 Å². The summed E-state index contributed by atoms with van der Waals surface area (Å²) in [7, 11) is 0. The number of fused-ring (bicyclic) bond motifs is 3. The van der Waals surface area contributed by atoms with E-state index in [4.69, 9.17) is 4.98 Å². The SMILES string of the molecule is C=CCn1c(SCc2ccc(Br)cc2)nc2c([nH]c3ccccc32)c1=O. The van der Waals surface area contributed by atoms with Gasteiger partial charge in [-0.15, -0.1) is 6.58 Å². The van der Waals surface area contributed by atoms with E-state index in [1.807, 2.05) is 36.4 Å². The Balaban J connectivity index is 1.82. The van der Waals surface area contributed by atoms with E-state index in [2.05, 4.69) is 39.6 Å². The molecule has 4 nitrogen and oxygen atoms in total. The summed E-state index contributed by atoms with van der Waals surface area (Å²) in [6, 6.07) is 16.0. The van der Waals surface area contributed by atoms with E-state index >= 15 is 0 Å². The molecule has 0 saturated heterocycles. The van der Waals surface area contributed by atoms with E-state index in [0.717, 1.165) is 26.6 Å². The van der Waals surface area contributed by atoms with Gasteiger partial charge in [0.05, 0.1) is 0 Å². The number of nitrogens with one attached hydrogen (secondary N) is 1. The molecule has 2 aromatic carbocycles. The minimum Gasteiger partial charge on any atom is -0.349 e. The highest BCUT2D eigenvalue weighted by molar-refractivity contribution is 9.10. The maximum atomic E-state index is 13.0. The fourth-order valence-electron chi connectivity index (χ4n) is 2.90. The molecule has 6 heteroatoms. The van der Waals surface area contributed by atoms with Crippen molar-refractivity contribution in [2.45, 2.75) is 17.5 Å². The van der Waals surface area contributed by atoms with Crippen LogP contribution >= 0.6 is 27.7 Å². The number of aromatic nitrogens is 3. The average molecular weight is 426 g/mol. The van der Waals surface area contributed by atoms with Crippen molar-refractivity contribution < 1.29 is 0 Å². The fourth-order valence-corrected chi connectivity index (χ4v) is 4.13. The lowest BCUT2D eigenvalue weighted by molar-refractivity contribution is 0.671. The molecular formula is C20H16BrN3OS. The first-order chi connectivity index (χ1) is 12.7. The minimum absolute atomic E-state index is 0.0654. The molecule has 2 heterocycles. The molecule has 2 aromatic heterocycles. The zero-order valence-electron chi connectivity index (χ0n) is 13.9. The number of hydrogen-bond acceptors (Lipinski definition) is 3. The Hall–Kier alpha value is -2.31. The molecule has 0 aliphatic heterocycles. The lowest BCUT2D eigenvalue weighted by Gasteiger charge is -2.10. The van der Waals surface area contributed by atoms with Crippen LogP contribution in [0.25, 0.3) is 21.9 Å². The second-order valence-electron chi connectivity index (χ2n) is 5.91. The number of rotatable bonds is 5. The number of nitrogens with zero attached hydrogens (tertiary/aromatic N) is 2. The van der Waals surface area contributed by atoms with Crippen LogP contribution in [-0.2, 0) is 12.3 Å². The molecule has 0 bridgehead atoms. The van der Waals surface area contributed by atoms with Crippen LogP contribution in [0, 0.1) is 0 Å². The lowest BCUT2D eigenvalue weighted by Crippen LogP contribution is -2.22. The molecule has 1 N–H and O–H groups in total. The van der Waals surface area contributed by atoms with Crippen molar-refractivity contribution >= 4 is 49.6 Å². The maximum absolute atomic E-state index is 13.0. The summed E-state index contributed by atoms with van der Waals surface area (Å²) in [6.07, 6.45) is 1.72. The lowest BCUT2D eigenvalue weighted by atomic mass is 10.2. The zero-order chi connectivity index (χ0) is 18.1. The Labute approximate surface area is 163 Å². The molecule has 0 unspecified atom stereocenters. The minimum atomic E-state index is -0.0654. The highest BCUT2D eigenvalue weighted by Crippen LogP contribution is 2.26. The number of para-hydroxylation sites is 1. The van der Waals surface area contributed by atoms with Gasteiger partial charge in [-0.1, -0.05) is 64.1 Å². The van der Waals surface area contributed by atoms with Crippen molar-refractivity contribution in [3.05, 3.63) is 81.6 Å². The molecule has 0 atom stereocenters. The second kappa shape index (κ2) is 7.13. The molecule has 4 aromatic rings. The Kier molecular flexibility index (Phi) is 4.70. The molecule has 0 aliphatic rings. The number of thioether (sulfide) groups is 1. The van der Waals surface area contributed by atoms with Gasteiger partial charge in [-0.05, 0) is 23.8 Å². The van der Waals surface area contributed by atoms with Crippen molar-refractivity contribution in [3.63, 3.8) is 0 Å². The van der Waals surface area contributed by atoms with Crippen molar-refractivity contribution in [2.24, 2.45) is 0 Å². The van der Waals surface area contributed by atoms with E-state index in [1.54, 1.807) is 22.4 Å². The number of H-pyrrole nitrogens is 1. The van der Waals surface area contributed by atoms with E-state index in [1.165, 1.54) is 5.56 Å². The zero-order valence-corrected chi connectivity index (χ0v) is 16.3. The first-order valence-corrected chi connectivity index (χ1v) is 9.94. The van der Waals surface area contributed by atoms with Crippen molar-refractivity contribution in [1.82, 2.24) is 14.5 Å². The molecule has 0 saturated carbocycles. The van der Waals surface area contributed by atoms with Crippen LogP contribution in [0.5, 0.6) is 0 Å². The Morgan fingerprint density at radius 3 is 2.73 bits per heavy atom. The fraction of sp³-hybridized carbons (Fsp3) is 0.100. The average Bonchev–Trinajstić information content (AvgIpc) is 3.03. The Bertz CT molecular complexity index is 1160. The second-order valence-corrected chi connectivity index (χ2v) is 7.77. The van der Waals surface area contributed by atoms with Gasteiger partial charge in [-0.25, -0.2) is 4.98 Å². The third-order valence-electron chi connectivity index (χ3n) is 4.17. The summed E-state index contributed by atoms with van der Waals surface area (Å²) < 4.78 is 2.72.